The molecule has 31 heavy (non-hydrogen) atoms. The summed E-state index contributed by atoms with van der Waals surface area (Å²) in [6, 6.07) is 31.2. The molecule has 3 aromatic carbocycles. The maximum atomic E-state index is 6.40. The number of aromatic amines is 1. The van der Waals surface area contributed by atoms with E-state index in [1.165, 1.54) is 16.7 Å². The molecule has 0 unspecified atom stereocenters. The molecule has 0 saturated carbocycles. The van der Waals surface area contributed by atoms with Crippen LogP contribution in [0.1, 0.15) is 33.8 Å². The lowest BCUT2D eigenvalue weighted by Crippen LogP contribution is -2.05. The van der Waals surface area contributed by atoms with Crippen LogP contribution in [0.4, 0.5) is 5.82 Å². The van der Waals surface area contributed by atoms with E-state index < -0.39 is 0 Å². The Bertz CT molecular complexity index is 1290. The standard InChI is InChI=1S/C27H24N4/c28-27-26-25(30-24(31-26)18-21-14-8-3-9-15-21)22(16-19-10-4-1-5-11-19)23(29-27)17-20-12-6-2-7-13-20/h1-15H,16-18H2,(H2,28,29)(H,30,31). The van der Waals surface area contributed by atoms with E-state index in [2.05, 4.69) is 65.6 Å². The van der Waals surface area contributed by atoms with Crippen molar-refractivity contribution < 1.29 is 0 Å². The lowest BCUT2D eigenvalue weighted by molar-refractivity contribution is 1.02. The Balaban J connectivity index is 1.61. The topological polar surface area (TPSA) is 67.6 Å². The molecule has 0 bridgehead atoms. The summed E-state index contributed by atoms with van der Waals surface area (Å²) in [7, 11) is 0. The van der Waals surface area contributed by atoms with E-state index in [1.54, 1.807) is 0 Å². The van der Waals surface area contributed by atoms with E-state index in [-0.39, 0.29) is 0 Å². The summed E-state index contributed by atoms with van der Waals surface area (Å²) in [5, 5.41) is 0. The highest BCUT2D eigenvalue weighted by Crippen LogP contribution is 2.28. The predicted molar refractivity (Wildman–Crippen MR) is 126 cm³/mol. The van der Waals surface area contributed by atoms with Gasteiger partial charge in [-0.1, -0.05) is 91.0 Å². The highest BCUT2D eigenvalue weighted by atomic mass is 15.0. The maximum Gasteiger partial charge on any atom is 0.149 e. The number of imidazole rings is 1. The van der Waals surface area contributed by atoms with E-state index in [0.717, 1.165) is 47.4 Å². The largest absolute Gasteiger partial charge is 0.382 e. The van der Waals surface area contributed by atoms with Crippen molar-refractivity contribution in [2.45, 2.75) is 19.3 Å². The summed E-state index contributed by atoms with van der Waals surface area (Å²) in [4.78, 5) is 13.2. The van der Waals surface area contributed by atoms with Crippen LogP contribution in [0.5, 0.6) is 0 Å². The highest BCUT2D eigenvalue weighted by Gasteiger charge is 2.18. The van der Waals surface area contributed by atoms with Crippen LogP contribution in [0.25, 0.3) is 11.0 Å². The van der Waals surface area contributed by atoms with Crippen molar-refractivity contribution in [2.24, 2.45) is 0 Å². The lowest BCUT2D eigenvalue weighted by atomic mass is 9.98. The van der Waals surface area contributed by atoms with Gasteiger partial charge in [-0.15, -0.1) is 0 Å². The van der Waals surface area contributed by atoms with Crippen LogP contribution in [0.3, 0.4) is 0 Å². The Morgan fingerprint density at radius 1 is 0.613 bits per heavy atom. The molecule has 0 radical (unpaired) electrons. The molecule has 0 fully saturated rings. The smallest absolute Gasteiger partial charge is 0.149 e. The predicted octanol–water partition coefficient (Wildman–Crippen LogP) is 5.31. The van der Waals surface area contributed by atoms with Gasteiger partial charge in [0.05, 0.1) is 11.2 Å². The molecule has 152 valence electrons. The first-order valence-corrected chi connectivity index (χ1v) is 10.5. The molecule has 0 spiro atoms. The van der Waals surface area contributed by atoms with Gasteiger partial charge in [-0.25, -0.2) is 9.97 Å². The van der Waals surface area contributed by atoms with Gasteiger partial charge >= 0.3 is 0 Å². The molecule has 5 rings (SSSR count). The molecule has 2 heterocycles. The molecular formula is C27H24N4. The van der Waals surface area contributed by atoms with Crippen LogP contribution in [0.2, 0.25) is 0 Å². The number of nitrogens with zero attached hydrogens (tertiary/aromatic N) is 2. The number of hydrogen-bond donors (Lipinski definition) is 2. The molecular weight excluding hydrogens is 380 g/mol. The van der Waals surface area contributed by atoms with Gasteiger partial charge in [0.25, 0.3) is 0 Å². The second-order valence-corrected chi connectivity index (χ2v) is 7.82. The first-order chi connectivity index (χ1) is 15.3. The number of aromatic nitrogens is 3. The number of pyridine rings is 1. The van der Waals surface area contributed by atoms with Crippen LogP contribution in [0, 0.1) is 0 Å². The minimum Gasteiger partial charge on any atom is -0.382 e. The van der Waals surface area contributed by atoms with E-state index in [0.29, 0.717) is 5.82 Å². The van der Waals surface area contributed by atoms with E-state index >= 15 is 0 Å². The molecule has 0 saturated heterocycles. The third-order valence-electron chi connectivity index (χ3n) is 5.55. The van der Waals surface area contributed by atoms with E-state index in [4.69, 9.17) is 15.7 Å². The SMILES string of the molecule is Nc1nc(Cc2ccccc2)c(Cc2ccccc2)c2nc(Cc3ccccc3)[nH]c12. The van der Waals surface area contributed by atoms with Crippen molar-refractivity contribution in [3.8, 4) is 0 Å². The van der Waals surface area contributed by atoms with Crippen molar-refractivity contribution in [1.29, 1.82) is 0 Å². The molecule has 4 heteroatoms. The third-order valence-corrected chi connectivity index (χ3v) is 5.55. The fraction of sp³-hybridized carbons (Fsp3) is 0.111. The number of benzene rings is 3. The van der Waals surface area contributed by atoms with Crippen LogP contribution in [0.15, 0.2) is 91.0 Å². The second kappa shape index (κ2) is 8.44. The summed E-state index contributed by atoms with van der Waals surface area (Å²) in [6.45, 7) is 0. The number of nitrogens with two attached hydrogens (primary N) is 1. The molecule has 0 aliphatic carbocycles. The van der Waals surface area contributed by atoms with Gasteiger partial charge < -0.3 is 10.7 Å². The Morgan fingerprint density at radius 3 is 1.71 bits per heavy atom. The minimum atomic E-state index is 0.504. The van der Waals surface area contributed by atoms with Gasteiger partial charge in [-0.2, -0.15) is 0 Å². The van der Waals surface area contributed by atoms with Crippen molar-refractivity contribution in [3.05, 3.63) is 125 Å². The number of fused-ring (bicyclic) bond motifs is 1. The summed E-state index contributed by atoms with van der Waals surface area (Å²) in [5.41, 5.74) is 13.9. The minimum absolute atomic E-state index is 0.504. The number of nitrogens with one attached hydrogen (secondary N) is 1. The zero-order chi connectivity index (χ0) is 21.0. The van der Waals surface area contributed by atoms with Gasteiger partial charge in [-0.05, 0) is 16.7 Å². The molecule has 0 aliphatic heterocycles. The number of hydrogen-bond acceptors (Lipinski definition) is 3. The molecule has 3 N–H and O–H groups in total. The van der Waals surface area contributed by atoms with Gasteiger partial charge in [0, 0.05) is 24.8 Å². The maximum absolute atomic E-state index is 6.40. The van der Waals surface area contributed by atoms with Crippen molar-refractivity contribution in [3.63, 3.8) is 0 Å². The van der Waals surface area contributed by atoms with Crippen LogP contribution in [-0.4, -0.2) is 15.0 Å². The van der Waals surface area contributed by atoms with Crippen molar-refractivity contribution in [2.75, 3.05) is 5.73 Å². The lowest BCUT2D eigenvalue weighted by Gasteiger charge is -2.12. The van der Waals surface area contributed by atoms with E-state index in [9.17, 15) is 0 Å². The number of anilines is 1. The molecule has 0 atom stereocenters. The van der Waals surface area contributed by atoms with E-state index in [1.807, 2.05) is 30.3 Å². The number of H-pyrrole nitrogens is 1. The normalized spacial score (nSPS) is 11.1. The van der Waals surface area contributed by atoms with Crippen LogP contribution >= 0.6 is 0 Å². The third kappa shape index (κ3) is 4.19. The van der Waals surface area contributed by atoms with Crippen LogP contribution in [-0.2, 0) is 19.3 Å². The zero-order valence-electron chi connectivity index (χ0n) is 17.3. The summed E-state index contributed by atoms with van der Waals surface area (Å²) >= 11 is 0. The number of nitrogen functional groups attached to an aromatic ring is 1. The summed E-state index contributed by atoms with van der Waals surface area (Å²) < 4.78 is 0. The Kier molecular flexibility index (Phi) is 5.19. The molecule has 0 amide bonds. The first kappa shape index (κ1) is 19.1. The van der Waals surface area contributed by atoms with Gasteiger partial charge in [0.1, 0.15) is 17.2 Å². The summed E-state index contributed by atoms with van der Waals surface area (Å²) in [6.07, 6.45) is 2.22. The van der Waals surface area contributed by atoms with Crippen LogP contribution < -0.4 is 5.73 Å². The molecule has 4 nitrogen and oxygen atoms in total. The van der Waals surface area contributed by atoms with Crippen molar-refractivity contribution >= 4 is 16.9 Å². The fourth-order valence-corrected chi connectivity index (χ4v) is 4.03. The zero-order valence-corrected chi connectivity index (χ0v) is 17.3. The Morgan fingerprint density at radius 2 is 1.13 bits per heavy atom. The number of rotatable bonds is 6. The average Bonchev–Trinajstić information content (AvgIpc) is 3.23. The van der Waals surface area contributed by atoms with Gasteiger partial charge in [0.15, 0.2) is 0 Å². The average molecular weight is 405 g/mol. The highest BCUT2D eigenvalue weighted by molar-refractivity contribution is 5.88. The summed E-state index contributed by atoms with van der Waals surface area (Å²) in [5.74, 6) is 1.41. The second-order valence-electron chi connectivity index (χ2n) is 7.82. The van der Waals surface area contributed by atoms with Gasteiger partial charge in [0.2, 0.25) is 0 Å². The monoisotopic (exact) mass is 404 g/mol. The fourth-order valence-electron chi connectivity index (χ4n) is 4.03. The Labute approximate surface area is 181 Å². The first-order valence-electron chi connectivity index (χ1n) is 10.5. The molecule has 0 aliphatic rings. The molecule has 2 aromatic heterocycles. The van der Waals surface area contributed by atoms with Gasteiger partial charge in [-0.3, -0.25) is 0 Å². The molecule has 5 aromatic rings. The Hall–Kier alpha value is -3.92. The van der Waals surface area contributed by atoms with Crippen molar-refractivity contribution in [1.82, 2.24) is 15.0 Å². The quantitative estimate of drug-likeness (QED) is 0.403.